The van der Waals surface area contributed by atoms with E-state index in [2.05, 4.69) is 4.74 Å². The molecular formula is C21H29F2NO9S. The summed E-state index contributed by atoms with van der Waals surface area (Å²) in [4.78, 5) is 36.9. The number of esters is 3. The first-order valence-electron chi connectivity index (χ1n) is 10.6. The van der Waals surface area contributed by atoms with Gasteiger partial charge in [-0.05, 0) is 37.1 Å². The van der Waals surface area contributed by atoms with Crippen LogP contribution in [-0.2, 0) is 33.9 Å². The molecule has 0 aliphatic heterocycles. The van der Waals surface area contributed by atoms with Crippen molar-refractivity contribution in [1.82, 2.24) is 0 Å². The summed E-state index contributed by atoms with van der Waals surface area (Å²) in [6.45, 7) is 2.48. The van der Waals surface area contributed by atoms with Crippen LogP contribution in [0.4, 0.5) is 14.5 Å². The maximum Gasteiger partial charge on any atom is 0.402 e. The van der Waals surface area contributed by atoms with E-state index in [1.54, 1.807) is 4.90 Å². The Bertz CT molecular complexity index is 897. The number of hydrogen-bond donors (Lipinski definition) is 1. The largest absolute Gasteiger partial charge is 0.464 e. The van der Waals surface area contributed by atoms with E-state index in [1.807, 2.05) is 13.8 Å². The molecule has 0 atom stereocenters. The third-order valence-corrected chi connectivity index (χ3v) is 5.25. The van der Waals surface area contributed by atoms with Gasteiger partial charge in [-0.2, -0.15) is 17.2 Å². The van der Waals surface area contributed by atoms with Crippen LogP contribution in [0.5, 0.6) is 0 Å². The van der Waals surface area contributed by atoms with Crippen LogP contribution in [0.3, 0.4) is 0 Å². The van der Waals surface area contributed by atoms with Crippen LogP contribution in [-0.4, -0.2) is 69.0 Å². The second-order valence-corrected chi connectivity index (χ2v) is 8.71. The first kappa shape index (κ1) is 29.2. The second kappa shape index (κ2) is 13.8. The van der Waals surface area contributed by atoms with Gasteiger partial charge in [-0.3, -0.25) is 14.1 Å². The van der Waals surface area contributed by atoms with E-state index >= 15 is 0 Å². The van der Waals surface area contributed by atoms with Crippen LogP contribution in [0.2, 0.25) is 0 Å². The Hall–Kier alpha value is -2.80. The Labute approximate surface area is 196 Å². The molecular weight excluding hydrogens is 480 g/mol. The van der Waals surface area contributed by atoms with Gasteiger partial charge in [-0.15, -0.1) is 0 Å². The summed E-state index contributed by atoms with van der Waals surface area (Å²) >= 11 is 0. The highest BCUT2D eigenvalue weighted by molar-refractivity contribution is 7.86. The molecule has 0 bridgehead atoms. The topological polar surface area (TPSA) is 137 Å². The standard InChI is InChI=1S/C21H29F2NO9S/c1-3-5-18(25)31-13-11-24(12-14-32-19(26)6-4-2)17-9-7-16(8-10-17)20(27)33-15-21(22,23)34(28,29)30/h7-10H,3-6,11-15H2,1-2H3,(H,28,29,30). The fraction of sp³-hybridized carbons (Fsp3) is 0.571. The molecule has 10 nitrogen and oxygen atoms in total. The van der Waals surface area contributed by atoms with Gasteiger partial charge < -0.3 is 19.1 Å². The molecule has 0 radical (unpaired) electrons. The fourth-order valence-electron chi connectivity index (χ4n) is 2.58. The van der Waals surface area contributed by atoms with Gasteiger partial charge in [0, 0.05) is 18.5 Å². The molecule has 0 aromatic heterocycles. The van der Waals surface area contributed by atoms with E-state index in [9.17, 15) is 31.6 Å². The van der Waals surface area contributed by atoms with Crippen LogP contribution < -0.4 is 4.90 Å². The average molecular weight is 510 g/mol. The smallest absolute Gasteiger partial charge is 0.402 e. The van der Waals surface area contributed by atoms with Gasteiger partial charge in [0.15, 0.2) is 6.61 Å². The van der Waals surface area contributed by atoms with Crippen LogP contribution in [0.15, 0.2) is 24.3 Å². The number of carbonyl (C=O) groups is 3. The quantitative estimate of drug-likeness (QED) is 0.213. The summed E-state index contributed by atoms with van der Waals surface area (Å²) in [7, 11) is -5.72. The minimum absolute atomic E-state index is 0.0657. The highest BCUT2D eigenvalue weighted by Crippen LogP contribution is 2.22. The molecule has 13 heteroatoms. The highest BCUT2D eigenvalue weighted by atomic mass is 32.2. The van der Waals surface area contributed by atoms with Crippen molar-refractivity contribution < 1.29 is 50.3 Å². The summed E-state index contributed by atoms with van der Waals surface area (Å²) in [6.07, 6.45) is 1.84. The normalized spacial score (nSPS) is 11.6. The molecule has 0 aliphatic rings. The average Bonchev–Trinajstić information content (AvgIpc) is 2.76. The molecule has 0 fully saturated rings. The summed E-state index contributed by atoms with van der Waals surface area (Å²) < 4.78 is 70.7. The summed E-state index contributed by atoms with van der Waals surface area (Å²) in [6, 6.07) is 5.48. The molecule has 0 spiro atoms. The SMILES string of the molecule is CCCC(=O)OCCN(CCOC(=O)CCC)c1ccc(C(=O)OCC(F)(F)S(=O)(=O)O)cc1. The van der Waals surface area contributed by atoms with Crippen molar-refractivity contribution in [1.29, 1.82) is 0 Å². The molecule has 1 N–H and O–H groups in total. The van der Waals surface area contributed by atoms with Gasteiger partial charge in [-0.1, -0.05) is 13.8 Å². The van der Waals surface area contributed by atoms with Gasteiger partial charge >= 0.3 is 33.3 Å². The minimum Gasteiger partial charge on any atom is -0.464 e. The minimum atomic E-state index is -5.72. The lowest BCUT2D eigenvalue weighted by Gasteiger charge is -2.24. The molecule has 192 valence electrons. The highest BCUT2D eigenvalue weighted by Gasteiger charge is 2.45. The zero-order valence-corrected chi connectivity index (χ0v) is 19.8. The Kier molecular flexibility index (Phi) is 11.9. The van der Waals surface area contributed by atoms with Crippen LogP contribution in [0.25, 0.3) is 0 Å². The predicted molar refractivity (Wildman–Crippen MR) is 117 cm³/mol. The van der Waals surface area contributed by atoms with Gasteiger partial charge in [0.25, 0.3) is 0 Å². The molecule has 0 saturated heterocycles. The fourth-order valence-corrected chi connectivity index (χ4v) is 2.79. The number of rotatable bonds is 15. The Balaban J connectivity index is 2.81. The number of benzene rings is 1. The molecule has 34 heavy (non-hydrogen) atoms. The van der Waals surface area contributed by atoms with E-state index in [4.69, 9.17) is 14.0 Å². The lowest BCUT2D eigenvalue weighted by molar-refractivity contribution is -0.143. The monoisotopic (exact) mass is 509 g/mol. The summed E-state index contributed by atoms with van der Waals surface area (Å²) in [5.74, 6) is -1.92. The summed E-state index contributed by atoms with van der Waals surface area (Å²) in [5, 5.41) is -4.64. The van der Waals surface area contributed by atoms with E-state index < -0.39 is 27.9 Å². The van der Waals surface area contributed by atoms with Crippen molar-refractivity contribution in [3.63, 3.8) is 0 Å². The van der Waals surface area contributed by atoms with E-state index in [0.29, 0.717) is 18.5 Å². The van der Waals surface area contributed by atoms with Crippen molar-refractivity contribution in [2.24, 2.45) is 0 Å². The van der Waals surface area contributed by atoms with Crippen LogP contribution >= 0.6 is 0 Å². The first-order chi connectivity index (χ1) is 15.9. The number of anilines is 1. The maximum atomic E-state index is 13.2. The molecule has 0 amide bonds. The summed E-state index contributed by atoms with van der Waals surface area (Å²) in [5.41, 5.74) is 0.413. The number of carbonyl (C=O) groups excluding carboxylic acids is 3. The molecule has 0 saturated carbocycles. The van der Waals surface area contributed by atoms with Crippen molar-refractivity contribution in [2.75, 3.05) is 37.8 Å². The predicted octanol–water partition coefficient (Wildman–Crippen LogP) is 2.82. The van der Waals surface area contributed by atoms with E-state index in [-0.39, 0.29) is 56.6 Å². The number of ether oxygens (including phenoxy) is 3. The van der Waals surface area contributed by atoms with Crippen molar-refractivity contribution in [3.8, 4) is 0 Å². The van der Waals surface area contributed by atoms with Crippen molar-refractivity contribution in [2.45, 2.75) is 44.8 Å². The number of alkyl halides is 2. The third-order valence-electron chi connectivity index (χ3n) is 4.37. The van der Waals surface area contributed by atoms with Gasteiger partial charge in [0.1, 0.15) is 13.2 Å². The molecule has 0 heterocycles. The maximum absolute atomic E-state index is 13.2. The Morgan fingerprint density at radius 3 is 1.79 bits per heavy atom. The van der Waals surface area contributed by atoms with E-state index in [1.165, 1.54) is 24.3 Å². The molecule has 1 aromatic rings. The molecule has 0 unspecified atom stereocenters. The third kappa shape index (κ3) is 10.00. The zero-order chi connectivity index (χ0) is 25.8. The lowest BCUT2D eigenvalue weighted by atomic mass is 10.2. The number of halogens is 2. The van der Waals surface area contributed by atoms with E-state index in [0.717, 1.165) is 0 Å². The Morgan fingerprint density at radius 2 is 1.38 bits per heavy atom. The first-order valence-corrected chi connectivity index (χ1v) is 12.0. The molecule has 1 rings (SSSR count). The van der Waals surface area contributed by atoms with Gasteiger partial charge in [0.2, 0.25) is 0 Å². The molecule has 0 aliphatic carbocycles. The zero-order valence-electron chi connectivity index (χ0n) is 19.0. The van der Waals surface area contributed by atoms with Crippen molar-refractivity contribution >= 4 is 33.7 Å². The lowest BCUT2D eigenvalue weighted by Crippen LogP contribution is -2.34. The van der Waals surface area contributed by atoms with Crippen molar-refractivity contribution in [3.05, 3.63) is 29.8 Å². The Morgan fingerprint density at radius 1 is 0.912 bits per heavy atom. The number of nitrogens with zero attached hydrogens (tertiary/aromatic N) is 1. The van der Waals surface area contributed by atoms with Gasteiger partial charge in [0.05, 0.1) is 18.7 Å². The van der Waals surface area contributed by atoms with Crippen LogP contribution in [0, 0.1) is 0 Å². The van der Waals surface area contributed by atoms with Gasteiger partial charge in [-0.25, -0.2) is 4.79 Å². The molecule has 1 aromatic carbocycles. The van der Waals surface area contributed by atoms with Crippen LogP contribution in [0.1, 0.15) is 49.9 Å². The number of hydrogen-bond acceptors (Lipinski definition) is 9. The second-order valence-electron chi connectivity index (χ2n) is 7.16.